The average molecular weight is 359 g/mol. The predicted octanol–water partition coefficient (Wildman–Crippen LogP) is -2.12. The Morgan fingerprint density at radius 2 is 1.64 bits per heavy atom. The molecule has 1 aromatic carbocycles. The van der Waals surface area contributed by atoms with Crippen LogP contribution in [0, 0.1) is 6.92 Å². The first-order chi connectivity index (χ1) is 9.66. The van der Waals surface area contributed by atoms with Crippen LogP contribution in [0.15, 0.2) is 29.2 Å². The molecular formula is C12H18NNaO6S2. The second kappa shape index (κ2) is 9.33. The second-order valence-electron chi connectivity index (χ2n) is 4.45. The summed E-state index contributed by atoms with van der Waals surface area (Å²) in [7, 11) is -8.56. The summed E-state index contributed by atoms with van der Waals surface area (Å²) < 4.78 is 61.2. The Hall–Kier alpha value is 0. The van der Waals surface area contributed by atoms with Crippen molar-refractivity contribution in [1.29, 1.82) is 0 Å². The van der Waals surface area contributed by atoms with Gasteiger partial charge in [0.15, 0.2) is 0 Å². The molecule has 0 amide bonds. The second-order valence-corrected chi connectivity index (χ2v) is 7.44. The fraction of sp³-hybridized carbons (Fsp3) is 0.500. The van der Waals surface area contributed by atoms with Gasteiger partial charge < -0.3 is 4.55 Å². The third kappa shape index (κ3) is 7.05. The maximum absolute atomic E-state index is 12.4. The van der Waals surface area contributed by atoms with Crippen LogP contribution in [0.1, 0.15) is 18.9 Å². The summed E-state index contributed by atoms with van der Waals surface area (Å²) in [6.45, 7) is 3.14. The van der Waals surface area contributed by atoms with Gasteiger partial charge in [-0.1, -0.05) is 24.6 Å². The number of hydrogen-bond acceptors (Lipinski definition) is 6. The molecule has 10 heteroatoms. The van der Waals surface area contributed by atoms with Crippen molar-refractivity contribution in [3.05, 3.63) is 29.8 Å². The van der Waals surface area contributed by atoms with E-state index in [4.69, 9.17) is 0 Å². The molecule has 0 fully saturated rings. The number of aryl methyl sites for hydroxylation is 1. The summed E-state index contributed by atoms with van der Waals surface area (Å²) in [5, 5.41) is 0. The molecule has 0 N–H and O–H groups in total. The van der Waals surface area contributed by atoms with E-state index in [1.807, 2.05) is 6.92 Å². The molecule has 7 nitrogen and oxygen atoms in total. The first-order valence-corrected chi connectivity index (χ1v) is 9.11. The summed E-state index contributed by atoms with van der Waals surface area (Å²) >= 11 is 0. The van der Waals surface area contributed by atoms with Crippen LogP contribution in [0.5, 0.6) is 0 Å². The van der Waals surface area contributed by atoms with Crippen LogP contribution in [0.25, 0.3) is 0 Å². The largest absolute Gasteiger partial charge is 1.00 e. The maximum atomic E-state index is 12.4. The maximum Gasteiger partial charge on any atom is 1.00 e. The van der Waals surface area contributed by atoms with Gasteiger partial charge in [0, 0.05) is 13.1 Å². The summed E-state index contributed by atoms with van der Waals surface area (Å²) in [6, 6.07) is 6.32. The van der Waals surface area contributed by atoms with Gasteiger partial charge in [0.25, 0.3) is 0 Å². The van der Waals surface area contributed by atoms with Crippen molar-refractivity contribution in [2.45, 2.75) is 25.2 Å². The first-order valence-electron chi connectivity index (χ1n) is 6.34. The quantitative estimate of drug-likeness (QED) is 0.299. The fourth-order valence-electron chi connectivity index (χ4n) is 1.70. The summed E-state index contributed by atoms with van der Waals surface area (Å²) in [5.41, 5.74) is 0.928. The SMILES string of the molecule is CCCN(CCOS(=O)(=O)[O-])S(=O)(=O)c1ccc(C)cc1.[Na+]. The van der Waals surface area contributed by atoms with Gasteiger partial charge in [0.1, 0.15) is 0 Å². The third-order valence-electron chi connectivity index (χ3n) is 2.70. The molecule has 120 valence electrons. The number of nitrogens with zero attached hydrogens (tertiary/aromatic N) is 1. The summed E-state index contributed by atoms with van der Waals surface area (Å²) in [6.07, 6.45) is 0.551. The van der Waals surface area contributed by atoms with Crippen molar-refractivity contribution in [3.8, 4) is 0 Å². The van der Waals surface area contributed by atoms with Gasteiger partial charge in [-0.2, -0.15) is 4.31 Å². The molecule has 1 rings (SSSR count). The van der Waals surface area contributed by atoms with Crippen LogP contribution in [0.2, 0.25) is 0 Å². The van der Waals surface area contributed by atoms with Crippen LogP contribution in [0.3, 0.4) is 0 Å². The van der Waals surface area contributed by atoms with Gasteiger partial charge in [0.05, 0.1) is 11.5 Å². The van der Waals surface area contributed by atoms with Crippen LogP contribution in [-0.4, -0.2) is 45.4 Å². The standard InChI is InChI=1S/C12H19NO6S2.Na/c1-3-8-13(9-10-19-21(16,17)18)20(14,15)12-6-4-11(2)5-7-12;/h4-7H,3,8-10H2,1-2H3,(H,16,17,18);/q;+1/p-1. The van der Waals surface area contributed by atoms with Crippen LogP contribution >= 0.6 is 0 Å². The van der Waals surface area contributed by atoms with Gasteiger partial charge in [-0.15, -0.1) is 0 Å². The van der Waals surface area contributed by atoms with E-state index in [1.54, 1.807) is 19.1 Å². The molecule has 1 aromatic rings. The summed E-state index contributed by atoms with van der Waals surface area (Å²) in [5.74, 6) is 0. The van der Waals surface area contributed by atoms with Crippen molar-refractivity contribution in [3.63, 3.8) is 0 Å². The molecule has 0 saturated carbocycles. The molecule has 22 heavy (non-hydrogen) atoms. The Balaban J connectivity index is 0.00000441. The molecule has 0 aromatic heterocycles. The molecule has 0 unspecified atom stereocenters. The van der Waals surface area contributed by atoms with E-state index in [-0.39, 0.29) is 47.5 Å². The number of rotatable bonds is 8. The monoisotopic (exact) mass is 359 g/mol. The predicted molar refractivity (Wildman–Crippen MR) is 75.9 cm³/mol. The Morgan fingerprint density at radius 3 is 2.09 bits per heavy atom. The Labute approximate surface area is 154 Å². The fourth-order valence-corrected chi connectivity index (χ4v) is 3.50. The van der Waals surface area contributed by atoms with Crippen molar-refractivity contribution >= 4 is 20.4 Å². The average Bonchev–Trinajstić information content (AvgIpc) is 2.37. The van der Waals surface area contributed by atoms with E-state index in [2.05, 4.69) is 4.18 Å². The molecule has 0 spiro atoms. The van der Waals surface area contributed by atoms with Gasteiger partial charge in [-0.25, -0.2) is 16.8 Å². The van der Waals surface area contributed by atoms with E-state index in [1.165, 1.54) is 12.1 Å². The minimum atomic E-state index is -4.82. The van der Waals surface area contributed by atoms with Gasteiger partial charge in [0.2, 0.25) is 20.4 Å². The molecule has 0 bridgehead atoms. The zero-order chi connectivity index (χ0) is 16.1. The number of hydrogen-bond donors (Lipinski definition) is 0. The first kappa shape index (κ1) is 22.0. The van der Waals surface area contributed by atoms with E-state index in [0.29, 0.717) is 6.42 Å². The van der Waals surface area contributed by atoms with Crippen molar-refractivity contribution in [2.75, 3.05) is 19.7 Å². The zero-order valence-electron chi connectivity index (χ0n) is 12.9. The van der Waals surface area contributed by atoms with E-state index < -0.39 is 27.0 Å². The Bertz CT molecular complexity index is 657. The van der Waals surface area contributed by atoms with Crippen molar-refractivity contribution in [1.82, 2.24) is 4.31 Å². The van der Waals surface area contributed by atoms with Crippen LogP contribution in [-0.2, 0) is 24.6 Å². The smallest absolute Gasteiger partial charge is 0.726 e. The Kier molecular flexibility index (Phi) is 9.33. The van der Waals surface area contributed by atoms with Crippen LogP contribution < -0.4 is 29.6 Å². The normalized spacial score (nSPS) is 12.2. The molecular weight excluding hydrogens is 341 g/mol. The number of sulfonamides is 1. The topological polar surface area (TPSA) is 104 Å². The minimum Gasteiger partial charge on any atom is -0.726 e. The van der Waals surface area contributed by atoms with Gasteiger partial charge in [-0.3, -0.25) is 4.18 Å². The van der Waals surface area contributed by atoms with Crippen LogP contribution in [0.4, 0.5) is 0 Å². The Morgan fingerprint density at radius 1 is 1.09 bits per heavy atom. The molecule has 0 aliphatic carbocycles. The molecule has 0 atom stereocenters. The van der Waals surface area contributed by atoms with E-state index in [9.17, 15) is 21.4 Å². The molecule has 0 heterocycles. The molecule has 0 aliphatic heterocycles. The van der Waals surface area contributed by atoms with Gasteiger partial charge in [-0.05, 0) is 25.5 Å². The minimum absolute atomic E-state index is 0. The van der Waals surface area contributed by atoms with E-state index >= 15 is 0 Å². The summed E-state index contributed by atoms with van der Waals surface area (Å²) in [4.78, 5) is 0.117. The van der Waals surface area contributed by atoms with Crippen molar-refractivity contribution in [2.24, 2.45) is 0 Å². The van der Waals surface area contributed by atoms with Gasteiger partial charge >= 0.3 is 29.6 Å². The van der Waals surface area contributed by atoms with Crippen molar-refractivity contribution < 1.29 is 55.1 Å². The molecule has 0 radical (unpaired) electrons. The number of benzene rings is 1. The zero-order valence-corrected chi connectivity index (χ0v) is 16.5. The van der Waals surface area contributed by atoms with E-state index in [0.717, 1.165) is 9.87 Å². The third-order valence-corrected chi connectivity index (χ3v) is 5.07. The molecule has 0 saturated heterocycles. The molecule has 0 aliphatic rings.